The van der Waals surface area contributed by atoms with Crippen molar-refractivity contribution < 1.29 is 23.4 Å². The van der Waals surface area contributed by atoms with Crippen molar-refractivity contribution in [2.75, 3.05) is 13.7 Å². The maximum absolute atomic E-state index is 13.3. The summed E-state index contributed by atoms with van der Waals surface area (Å²) in [4.78, 5) is 13.6. The van der Waals surface area contributed by atoms with Gasteiger partial charge in [-0.2, -0.15) is 0 Å². The first-order valence-corrected chi connectivity index (χ1v) is 7.45. The largest absolute Gasteiger partial charge is 0.484 e. The monoisotopic (exact) mass is 335 g/mol. The van der Waals surface area contributed by atoms with Gasteiger partial charge in [0.1, 0.15) is 5.75 Å². The first-order valence-electron chi connectivity index (χ1n) is 7.45. The Morgan fingerprint density at radius 1 is 1.17 bits per heavy atom. The molecule has 0 spiro atoms. The van der Waals surface area contributed by atoms with Crippen molar-refractivity contribution in [3.8, 4) is 5.75 Å². The summed E-state index contributed by atoms with van der Waals surface area (Å²) in [7, 11) is 1.58. The van der Waals surface area contributed by atoms with Crippen molar-refractivity contribution in [3.05, 3.63) is 65.2 Å². The van der Waals surface area contributed by atoms with Gasteiger partial charge in [-0.05, 0) is 42.3 Å². The Morgan fingerprint density at radius 2 is 1.83 bits per heavy atom. The molecule has 0 heterocycles. The van der Waals surface area contributed by atoms with Crippen LogP contribution in [0.3, 0.4) is 0 Å². The van der Waals surface area contributed by atoms with E-state index < -0.39 is 17.7 Å². The van der Waals surface area contributed by atoms with E-state index in [1.807, 2.05) is 0 Å². The second-order valence-corrected chi connectivity index (χ2v) is 5.44. The molecule has 0 aliphatic carbocycles. The molecule has 0 saturated carbocycles. The molecule has 0 aliphatic heterocycles. The lowest BCUT2D eigenvalue weighted by atomic mass is 10.1. The van der Waals surface area contributed by atoms with Crippen LogP contribution in [0.1, 0.15) is 24.1 Å². The smallest absolute Gasteiger partial charge is 0.260 e. The second-order valence-electron chi connectivity index (χ2n) is 5.44. The summed E-state index contributed by atoms with van der Waals surface area (Å²) in [6.07, 6.45) is 0. The van der Waals surface area contributed by atoms with Gasteiger partial charge in [0.05, 0.1) is 12.6 Å². The van der Waals surface area contributed by atoms with Crippen LogP contribution in [0, 0.1) is 11.6 Å². The molecule has 1 atom stereocenters. The number of halogens is 2. The molecule has 0 fully saturated rings. The molecular formula is C18H19F2NO3. The molecule has 0 aromatic heterocycles. The van der Waals surface area contributed by atoms with Gasteiger partial charge in [0.2, 0.25) is 0 Å². The Bertz CT molecular complexity index is 704. The zero-order chi connectivity index (χ0) is 17.7. The molecule has 24 heavy (non-hydrogen) atoms. The van der Waals surface area contributed by atoms with E-state index in [1.54, 1.807) is 38.2 Å². The number of carbonyl (C=O) groups is 1. The summed E-state index contributed by atoms with van der Waals surface area (Å²) in [5.41, 5.74) is 1.25. The Kier molecular flexibility index (Phi) is 5.87. The highest BCUT2D eigenvalue weighted by molar-refractivity contribution is 5.78. The third-order valence-corrected chi connectivity index (χ3v) is 3.87. The second kappa shape index (κ2) is 7.88. The van der Waals surface area contributed by atoms with E-state index in [4.69, 9.17) is 9.84 Å². The van der Waals surface area contributed by atoms with Crippen LogP contribution in [0.15, 0.2) is 42.5 Å². The van der Waals surface area contributed by atoms with E-state index in [9.17, 15) is 13.6 Å². The lowest BCUT2D eigenvalue weighted by Crippen LogP contribution is -2.33. The first kappa shape index (κ1) is 17.9. The number of ether oxygens (including phenoxy) is 1. The number of aliphatic hydroxyl groups excluding tert-OH is 1. The number of nitrogens with zero attached hydrogens (tertiary/aromatic N) is 1. The molecule has 2 aromatic rings. The molecular weight excluding hydrogens is 316 g/mol. The van der Waals surface area contributed by atoms with Crippen LogP contribution in [0.25, 0.3) is 0 Å². The van der Waals surface area contributed by atoms with Crippen molar-refractivity contribution in [1.82, 2.24) is 4.90 Å². The number of likely N-dealkylation sites (N-methyl/N-ethyl adjacent to an activating group) is 1. The molecule has 0 radical (unpaired) electrons. The zero-order valence-corrected chi connectivity index (χ0v) is 13.5. The fraction of sp³-hybridized carbons (Fsp3) is 0.278. The summed E-state index contributed by atoms with van der Waals surface area (Å²) in [5.74, 6) is -1.65. The highest BCUT2D eigenvalue weighted by atomic mass is 19.2. The SMILES string of the molecule is CC(c1ccc(F)c(F)c1)N(C)C(=O)COc1ccc(CO)cc1. The van der Waals surface area contributed by atoms with Gasteiger partial charge in [0.25, 0.3) is 5.91 Å². The summed E-state index contributed by atoms with van der Waals surface area (Å²) < 4.78 is 31.7. The van der Waals surface area contributed by atoms with Crippen LogP contribution in [0.5, 0.6) is 5.75 Å². The van der Waals surface area contributed by atoms with Crippen molar-refractivity contribution >= 4 is 5.91 Å². The summed E-state index contributed by atoms with van der Waals surface area (Å²) in [6, 6.07) is 9.88. The van der Waals surface area contributed by atoms with Crippen molar-refractivity contribution in [3.63, 3.8) is 0 Å². The average molecular weight is 335 g/mol. The normalized spacial score (nSPS) is 11.9. The van der Waals surface area contributed by atoms with Gasteiger partial charge in [-0.25, -0.2) is 8.78 Å². The van der Waals surface area contributed by atoms with E-state index in [0.29, 0.717) is 11.3 Å². The summed E-state index contributed by atoms with van der Waals surface area (Å²) in [5, 5.41) is 8.97. The zero-order valence-electron chi connectivity index (χ0n) is 13.5. The third kappa shape index (κ3) is 4.29. The number of carbonyl (C=O) groups excluding carboxylic acids is 1. The molecule has 0 aliphatic rings. The number of hydrogen-bond acceptors (Lipinski definition) is 3. The minimum atomic E-state index is -0.944. The maximum Gasteiger partial charge on any atom is 0.260 e. The molecule has 0 bridgehead atoms. The molecule has 2 aromatic carbocycles. The minimum absolute atomic E-state index is 0.0618. The predicted octanol–water partition coefficient (Wildman–Crippen LogP) is 3.06. The van der Waals surface area contributed by atoms with Gasteiger partial charge in [0, 0.05) is 7.05 Å². The Morgan fingerprint density at radius 3 is 2.42 bits per heavy atom. The van der Waals surface area contributed by atoms with E-state index >= 15 is 0 Å². The number of rotatable bonds is 6. The maximum atomic E-state index is 13.3. The fourth-order valence-electron chi connectivity index (χ4n) is 2.15. The first-order chi connectivity index (χ1) is 11.4. The van der Waals surface area contributed by atoms with Gasteiger partial charge in [-0.3, -0.25) is 4.79 Å². The Balaban J connectivity index is 1.96. The van der Waals surface area contributed by atoms with Crippen molar-refractivity contribution in [2.24, 2.45) is 0 Å². The highest BCUT2D eigenvalue weighted by Crippen LogP contribution is 2.21. The molecule has 0 saturated heterocycles. The van der Waals surface area contributed by atoms with Gasteiger partial charge in [-0.15, -0.1) is 0 Å². The van der Waals surface area contributed by atoms with Crippen LogP contribution in [0.2, 0.25) is 0 Å². The third-order valence-electron chi connectivity index (χ3n) is 3.87. The molecule has 1 amide bonds. The summed E-state index contributed by atoms with van der Waals surface area (Å²) in [6.45, 7) is 1.48. The molecule has 2 rings (SSSR count). The van der Waals surface area contributed by atoms with Crippen molar-refractivity contribution in [1.29, 1.82) is 0 Å². The van der Waals surface area contributed by atoms with Gasteiger partial charge < -0.3 is 14.7 Å². The molecule has 1 unspecified atom stereocenters. The van der Waals surface area contributed by atoms with E-state index in [1.165, 1.54) is 11.0 Å². The lowest BCUT2D eigenvalue weighted by molar-refractivity contribution is -0.134. The molecule has 128 valence electrons. The Hall–Kier alpha value is -2.47. The lowest BCUT2D eigenvalue weighted by Gasteiger charge is -2.25. The summed E-state index contributed by atoms with van der Waals surface area (Å²) >= 11 is 0. The average Bonchev–Trinajstić information content (AvgIpc) is 2.61. The number of hydrogen-bond donors (Lipinski definition) is 1. The number of benzene rings is 2. The van der Waals surface area contributed by atoms with Crippen LogP contribution in [-0.2, 0) is 11.4 Å². The van der Waals surface area contributed by atoms with Gasteiger partial charge in [0.15, 0.2) is 18.2 Å². The quantitative estimate of drug-likeness (QED) is 0.883. The molecule has 1 N–H and O–H groups in total. The van der Waals surface area contributed by atoms with E-state index in [2.05, 4.69) is 0 Å². The standard InChI is InChI=1S/C18H19F2NO3/c1-12(14-5-8-16(19)17(20)9-14)21(2)18(23)11-24-15-6-3-13(10-22)4-7-15/h3-9,12,22H,10-11H2,1-2H3. The van der Waals surface area contributed by atoms with Crippen LogP contribution in [-0.4, -0.2) is 29.6 Å². The highest BCUT2D eigenvalue weighted by Gasteiger charge is 2.19. The van der Waals surface area contributed by atoms with Gasteiger partial charge in [-0.1, -0.05) is 18.2 Å². The van der Waals surface area contributed by atoms with Crippen LogP contribution in [0.4, 0.5) is 8.78 Å². The van der Waals surface area contributed by atoms with Gasteiger partial charge >= 0.3 is 0 Å². The van der Waals surface area contributed by atoms with E-state index in [0.717, 1.165) is 17.7 Å². The van der Waals surface area contributed by atoms with E-state index in [-0.39, 0.29) is 19.1 Å². The number of aliphatic hydroxyl groups is 1. The predicted molar refractivity (Wildman–Crippen MR) is 85.4 cm³/mol. The minimum Gasteiger partial charge on any atom is -0.484 e. The van der Waals surface area contributed by atoms with Crippen LogP contribution >= 0.6 is 0 Å². The Labute approximate surface area is 139 Å². The fourth-order valence-corrected chi connectivity index (χ4v) is 2.15. The van der Waals surface area contributed by atoms with Crippen molar-refractivity contribution in [2.45, 2.75) is 19.6 Å². The topological polar surface area (TPSA) is 49.8 Å². The molecule has 4 nitrogen and oxygen atoms in total. The molecule has 6 heteroatoms. The van der Waals surface area contributed by atoms with Crippen LogP contribution < -0.4 is 4.74 Å². The number of amides is 1.